The number of thiazole rings is 1. The number of aromatic nitrogens is 4. The molecular formula is C27H31N7O2S. The second-order valence-electron chi connectivity index (χ2n) is 10.3. The van der Waals surface area contributed by atoms with Gasteiger partial charge in [-0.1, -0.05) is 13.0 Å². The normalized spacial score (nSPS) is 20.6. The Labute approximate surface area is 219 Å². The number of rotatable bonds is 5. The van der Waals surface area contributed by atoms with Gasteiger partial charge in [0.1, 0.15) is 0 Å². The summed E-state index contributed by atoms with van der Waals surface area (Å²) < 4.78 is 1.17. The smallest absolute Gasteiger partial charge is 0.313 e. The molecule has 4 aromatic rings. The first kappa shape index (κ1) is 24.0. The van der Waals surface area contributed by atoms with Gasteiger partial charge in [-0.25, -0.2) is 4.98 Å². The molecule has 1 aromatic carbocycles. The molecule has 0 bridgehead atoms. The minimum absolute atomic E-state index is 0.156. The van der Waals surface area contributed by atoms with Gasteiger partial charge in [0.15, 0.2) is 0 Å². The van der Waals surface area contributed by atoms with E-state index in [2.05, 4.69) is 50.5 Å². The summed E-state index contributed by atoms with van der Waals surface area (Å²) in [5, 5.41) is 11.5. The van der Waals surface area contributed by atoms with E-state index in [0.29, 0.717) is 29.1 Å². The monoisotopic (exact) mass is 517 g/mol. The first-order chi connectivity index (χ1) is 18.0. The van der Waals surface area contributed by atoms with Gasteiger partial charge in [-0.2, -0.15) is 5.10 Å². The van der Waals surface area contributed by atoms with Crippen molar-refractivity contribution >= 4 is 50.0 Å². The molecule has 0 unspecified atom stereocenters. The van der Waals surface area contributed by atoms with Crippen LogP contribution in [0.1, 0.15) is 49.2 Å². The fourth-order valence-corrected chi connectivity index (χ4v) is 6.50. The van der Waals surface area contributed by atoms with Gasteiger partial charge in [0.25, 0.3) is 0 Å². The average molecular weight is 518 g/mol. The topological polar surface area (TPSA) is 107 Å². The molecule has 2 aliphatic rings. The number of H-pyrrole nitrogens is 1. The van der Waals surface area contributed by atoms with Gasteiger partial charge < -0.3 is 15.1 Å². The highest BCUT2D eigenvalue weighted by Crippen LogP contribution is 2.36. The Hall–Kier alpha value is -3.37. The van der Waals surface area contributed by atoms with Crippen LogP contribution in [0.5, 0.6) is 0 Å². The Morgan fingerprint density at radius 1 is 1.16 bits per heavy atom. The molecule has 2 fully saturated rings. The van der Waals surface area contributed by atoms with Crippen LogP contribution < -0.4 is 5.32 Å². The molecule has 2 saturated heterocycles. The highest BCUT2D eigenvalue weighted by Gasteiger charge is 2.34. The maximum atomic E-state index is 13.4. The first-order valence-corrected chi connectivity index (χ1v) is 13.9. The molecule has 9 nitrogen and oxygen atoms in total. The van der Waals surface area contributed by atoms with E-state index in [1.165, 1.54) is 36.8 Å². The lowest BCUT2D eigenvalue weighted by atomic mass is 9.89. The molecule has 0 radical (unpaired) electrons. The van der Waals surface area contributed by atoms with E-state index in [1.807, 2.05) is 0 Å². The lowest BCUT2D eigenvalue weighted by molar-refractivity contribution is -0.146. The summed E-state index contributed by atoms with van der Waals surface area (Å²) in [5.74, 6) is -0.859. The number of hydrogen-bond donors (Lipinski definition) is 2. The van der Waals surface area contributed by atoms with E-state index in [1.54, 1.807) is 28.6 Å². The van der Waals surface area contributed by atoms with E-state index in [0.717, 1.165) is 41.9 Å². The van der Waals surface area contributed by atoms with Crippen molar-refractivity contribution in [2.75, 3.05) is 31.5 Å². The second-order valence-corrected chi connectivity index (χ2v) is 11.4. The summed E-state index contributed by atoms with van der Waals surface area (Å²) in [6.45, 7) is 6.12. The second kappa shape index (κ2) is 10.2. The number of carbonyl (C=O) groups excluding carboxylic acids is 2. The van der Waals surface area contributed by atoms with Crippen molar-refractivity contribution in [1.82, 2.24) is 30.0 Å². The van der Waals surface area contributed by atoms with Gasteiger partial charge in [-0.15, -0.1) is 11.3 Å². The van der Waals surface area contributed by atoms with Gasteiger partial charge in [0.2, 0.25) is 0 Å². The van der Waals surface area contributed by atoms with E-state index in [9.17, 15) is 9.59 Å². The van der Waals surface area contributed by atoms with Crippen molar-refractivity contribution in [3.8, 4) is 0 Å². The largest absolute Gasteiger partial charge is 0.327 e. The molecule has 5 heterocycles. The maximum Gasteiger partial charge on any atom is 0.313 e. The van der Waals surface area contributed by atoms with Crippen LogP contribution in [0.25, 0.3) is 21.1 Å². The van der Waals surface area contributed by atoms with Crippen LogP contribution in [0.2, 0.25) is 0 Å². The highest BCUT2D eigenvalue weighted by atomic mass is 32.1. The van der Waals surface area contributed by atoms with Gasteiger partial charge in [-0.05, 0) is 62.4 Å². The molecular weight excluding hydrogens is 486 g/mol. The molecule has 0 aliphatic carbocycles. The molecule has 2 aliphatic heterocycles. The standard InChI is InChI=1S/C27H31N7O2S/c1-17-4-6-23(18-5-7-24-20(12-18)30-25(37-24)8-11-33-9-2-3-10-33)34(16-17)27(36)26(35)31-21-14-28-15-22-19(21)13-29-32-22/h5,7,12-15,17,23H,2-4,6,8-11,16H2,1H3,(H,29,32)(H,31,35)/t17-,23+/m0/s1. The zero-order valence-electron chi connectivity index (χ0n) is 20.9. The number of pyridine rings is 1. The Morgan fingerprint density at radius 2 is 2.03 bits per heavy atom. The lowest BCUT2D eigenvalue weighted by Crippen LogP contribution is -2.46. The zero-order valence-corrected chi connectivity index (χ0v) is 21.8. The van der Waals surface area contributed by atoms with Crippen LogP contribution >= 0.6 is 11.3 Å². The molecule has 0 spiro atoms. The zero-order chi connectivity index (χ0) is 25.4. The number of carbonyl (C=O) groups is 2. The highest BCUT2D eigenvalue weighted by molar-refractivity contribution is 7.18. The number of amides is 2. The number of anilines is 1. The number of aromatic amines is 1. The van der Waals surface area contributed by atoms with Gasteiger partial charge in [0, 0.05) is 24.9 Å². The van der Waals surface area contributed by atoms with Crippen molar-refractivity contribution < 1.29 is 9.59 Å². The third kappa shape index (κ3) is 4.95. The predicted molar refractivity (Wildman–Crippen MR) is 144 cm³/mol. The summed E-state index contributed by atoms with van der Waals surface area (Å²) in [4.78, 5) is 39.8. The quantitative estimate of drug-likeness (QED) is 0.385. The van der Waals surface area contributed by atoms with Crippen molar-refractivity contribution in [2.24, 2.45) is 5.92 Å². The van der Waals surface area contributed by atoms with Gasteiger partial charge >= 0.3 is 11.8 Å². The van der Waals surface area contributed by atoms with Crippen molar-refractivity contribution in [1.29, 1.82) is 0 Å². The Balaban J connectivity index is 1.20. The van der Waals surface area contributed by atoms with Crippen LogP contribution in [-0.4, -0.2) is 68.0 Å². The fraction of sp³-hybridized carbons (Fsp3) is 0.444. The van der Waals surface area contributed by atoms with Crippen molar-refractivity contribution in [2.45, 2.75) is 45.1 Å². The molecule has 2 N–H and O–H groups in total. The molecule has 2 atom stereocenters. The number of benzene rings is 1. The molecule has 3 aromatic heterocycles. The van der Waals surface area contributed by atoms with Crippen molar-refractivity contribution in [3.05, 3.63) is 47.4 Å². The number of likely N-dealkylation sites (tertiary alicyclic amines) is 2. The Kier molecular flexibility index (Phi) is 6.60. The predicted octanol–water partition coefficient (Wildman–Crippen LogP) is 4.14. The van der Waals surface area contributed by atoms with E-state index in [4.69, 9.17) is 4.98 Å². The van der Waals surface area contributed by atoms with Crippen LogP contribution in [0.4, 0.5) is 5.69 Å². The van der Waals surface area contributed by atoms with Crippen LogP contribution in [-0.2, 0) is 16.0 Å². The molecule has 10 heteroatoms. The number of fused-ring (bicyclic) bond motifs is 2. The summed E-state index contributed by atoms with van der Waals surface area (Å²) >= 11 is 1.76. The van der Waals surface area contributed by atoms with Crippen molar-refractivity contribution in [3.63, 3.8) is 0 Å². The Morgan fingerprint density at radius 3 is 2.89 bits per heavy atom. The molecule has 37 heavy (non-hydrogen) atoms. The number of nitrogens with zero attached hydrogens (tertiary/aromatic N) is 5. The Bertz CT molecular complexity index is 1440. The fourth-order valence-electron chi connectivity index (χ4n) is 5.56. The summed E-state index contributed by atoms with van der Waals surface area (Å²) in [6, 6.07) is 6.17. The minimum atomic E-state index is -0.659. The molecule has 2 amide bonds. The first-order valence-electron chi connectivity index (χ1n) is 13.1. The van der Waals surface area contributed by atoms with Gasteiger partial charge in [-0.3, -0.25) is 19.7 Å². The molecule has 192 valence electrons. The van der Waals surface area contributed by atoms with Crippen LogP contribution in [0.15, 0.2) is 36.8 Å². The number of hydrogen-bond acceptors (Lipinski definition) is 7. The van der Waals surface area contributed by atoms with E-state index in [-0.39, 0.29) is 6.04 Å². The van der Waals surface area contributed by atoms with Gasteiger partial charge in [0.05, 0.1) is 51.1 Å². The minimum Gasteiger partial charge on any atom is -0.327 e. The third-order valence-corrected chi connectivity index (χ3v) is 8.66. The van der Waals surface area contributed by atoms with Crippen LogP contribution in [0, 0.1) is 5.92 Å². The lowest BCUT2D eigenvalue weighted by Gasteiger charge is -2.38. The molecule has 6 rings (SSSR count). The number of piperidine rings is 1. The average Bonchev–Trinajstić information content (AvgIpc) is 3.67. The summed E-state index contributed by atoms with van der Waals surface area (Å²) in [5.41, 5.74) is 3.19. The van der Waals surface area contributed by atoms with E-state index >= 15 is 0 Å². The molecule has 0 saturated carbocycles. The summed E-state index contributed by atoms with van der Waals surface area (Å²) in [7, 11) is 0. The summed E-state index contributed by atoms with van der Waals surface area (Å²) in [6.07, 6.45) is 10.2. The SMILES string of the molecule is C[C@H]1CC[C@H](c2ccc3sc(CCN4CCCC4)nc3c2)N(C(=O)C(=O)Nc2cncc3[nH]ncc23)C1. The third-order valence-electron chi connectivity index (χ3n) is 7.57. The van der Waals surface area contributed by atoms with E-state index < -0.39 is 11.8 Å². The van der Waals surface area contributed by atoms with Crippen LogP contribution in [0.3, 0.4) is 0 Å². The maximum absolute atomic E-state index is 13.4. The number of nitrogens with one attached hydrogen (secondary N) is 2.